The highest BCUT2D eigenvalue weighted by atomic mass is 16.8. The number of hydrogen-bond acceptors (Lipinski definition) is 3. The van der Waals surface area contributed by atoms with Crippen molar-refractivity contribution in [3.8, 4) is 0 Å². The van der Waals surface area contributed by atoms with E-state index in [1.807, 2.05) is 13.8 Å². The van der Waals surface area contributed by atoms with Crippen molar-refractivity contribution in [1.82, 2.24) is 0 Å². The van der Waals surface area contributed by atoms with Crippen LogP contribution in [0.4, 0.5) is 0 Å². The van der Waals surface area contributed by atoms with Crippen molar-refractivity contribution in [2.45, 2.75) is 50.9 Å². The quantitative estimate of drug-likeness (QED) is 0.700. The van der Waals surface area contributed by atoms with E-state index in [1.165, 1.54) is 0 Å². The smallest absolute Gasteiger partial charge is 0.163 e. The second kappa shape index (κ2) is 3.47. The maximum atomic E-state index is 9.05. The maximum Gasteiger partial charge on any atom is 0.163 e. The third kappa shape index (κ3) is 1.95. The minimum absolute atomic E-state index is 0.0465. The molecule has 14 heavy (non-hydrogen) atoms. The van der Waals surface area contributed by atoms with Gasteiger partial charge in [-0.15, -0.1) is 0 Å². The standard InChI is InChI=1S/C11H20O3/c1-10(2)13-8-11(14-10)5-3-9(7-12)4-6-11/h9,12H,3-8H2,1-2H3/t9-,11-. The third-order valence-electron chi connectivity index (χ3n) is 3.42. The van der Waals surface area contributed by atoms with E-state index in [9.17, 15) is 0 Å². The summed E-state index contributed by atoms with van der Waals surface area (Å²) in [6.07, 6.45) is 4.19. The van der Waals surface area contributed by atoms with Crippen molar-refractivity contribution < 1.29 is 14.6 Å². The summed E-state index contributed by atoms with van der Waals surface area (Å²) in [5.41, 5.74) is -0.0465. The van der Waals surface area contributed by atoms with Gasteiger partial charge in [-0.2, -0.15) is 0 Å². The van der Waals surface area contributed by atoms with Crippen molar-refractivity contribution in [1.29, 1.82) is 0 Å². The van der Waals surface area contributed by atoms with Crippen LogP contribution < -0.4 is 0 Å². The molecule has 0 atom stereocenters. The zero-order valence-corrected chi connectivity index (χ0v) is 9.08. The van der Waals surface area contributed by atoms with Crippen molar-refractivity contribution in [3.63, 3.8) is 0 Å². The molecule has 2 fully saturated rings. The van der Waals surface area contributed by atoms with E-state index >= 15 is 0 Å². The molecule has 1 N–H and O–H groups in total. The molecule has 82 valence electrons. The van der Waals surface area contributed by atoms with E-state index in [1.54, 1.807) is 0 Å². The zero-order chi connectivity index (χ0) is 10.2. The van der Waals surface area contributed by atoms with Crippen LogP contribution in [-0.4, -0.2) is 29.7 Å². The van der Waals surface area contributed by atoms with Gasteiger partial charge in [0.15, 0.2) is 5.79 Å². The second-order valence-corrected chi connectivity index (χ2v) is 5.10. The van der Waals surface area contributed by atoms with E-state index in [2.05, 4.69) is 0 Å². The van der Waals surface area contributed by atoms with Crippen LogP contribution in [0.2, 0.25) is 0 Å². The van der Waals surface area contributed by atoms with Gasteiger partial charge >= 0.3 is 0 Å². The Morgan fingerprint density at radius 1 is 1.29 bits per heavy atom. The van der Waals surface area contributed by atoms with Crippen LogP contribution in [0.1, 0.15) is 39.5 Å². The zero-order valence-electron chi connectivity index (χ0n) is 9.08. The predicted octanol–water partition coefficient (Wildman–Crippen LogP) is 1.69. The fourth-order valence-corrected chi connectivity index (χ4v) is 2.52. The van der Waals surface area contributed by atoms with Gasteiger partial charge in [-0.25, -0.2) is 0 Å². The molecule has 2 rings (SSSR count). The van der Waals surface area contributed by atoms with E-state index in [0.717, 1.165) is 32.3 Å². The molecule has 1 saturated carbocycles. The molecule has 3 nitrogen and oxygen atoms in total. The molecule has 0 bridgehead atoms. The van der Waals surface area contributed by atoms with Crippen molar-refractivity contribution >= 4 is 0 Å². The highest BCUT2D eigenvalue weighted by Gasteiger charge is 2.46. The van der Waals surface area contributed by atoms with Crippen molar-refractivity contribution in [2.24, 2.45) is 5.92 Å². The van der Waals surface area contributed by atoms with Crippen LogP contribution in [0.3, 0.4) is 0 Å². The Labute approximate surface area is 85.4 Å². The Morgan fingerprint density at radius 2 is 1.93 bits per heavy atom. The van der Waals surface area contributed by atoms with Gasteiger partial charge in [0.05, 0.1) is 12.2 Å². The monoisotopic (exact) mass is 200 g/mol. The van der Waals surface area contributed by atoms with Crippen LogP contribution in [0.25, 0.3) is 0 Å². The summed E-state index contributed by atoms with van der Waals surface area (Å²) in [4.78, 5) is 0. The SMILES string of the molecule is CC1(C)OC[C@]2(CC[C@@H](CO)CC2)O1. The maximum absolute atomic E-state index is 9.05. The lowest BCUT2D eigenvalue weighted by Crippen LogP contribution is -2.38. The average Bonchev–Trinajstić information content (AvgIpc) is 2.44. The summed E-state index contributed by atoms with van der Waals surface area (Å²) in [5.74, 6) is 0.0689. The summed E-state index contributed by atoms with van der Waals surface area (Å²) >= 11 is 0. The topological polar surface area (TPSA) is 38.7 Å². The number of hydrogen-bond donors (Lipinski definition) is 1. The molecule has 1 heterocycles. The summed E-state index contributed by atoms with van der Waals surface area (Å²) in [5, 5.41) is 9.05. The molecule has 3 heteroatoms. The predicted molar refractivity (Wildman–Crippen MR) is 52.9 cm³/mol. The molecule has 2 aliphatic rings. The molecular weight excluding hydrogens is 180 g/mol. The van der Waals surface area contributed by atoms with E-state index < -0.39 is 5.79 Å². The van der Waals surface area contributed by atoms with E-state index in [4.69, 9.17) is 14.6 Å². The highest BCUT2D eigenvalue weighted by Crippen LogP contribution is 2.42. The number of aliphatic hydroxyl groups is 1. The molecule has 0 amide bonds. The number of ether oxygens (including phenoxy) is 2. The van der Waals surface area contributed by atoms with Crippen LogP contribution in [-0.2, 0) is 9.47 Å². The summed E-state index contributed by atoms with van der Waals surface area (Å²) in [7, 11) is 0. The molecule has 1 saturated heterocycles. The summed E-state index contributed by atoms with van der Waals surface area (Å²) in [6.45, 7) is 4.98. The minimum atomic E-state index is -0.411. The van der Waals surface area contributed by atoms with E-state index in [-0.39, 0.29) is 5.60 Å². The molecule has 1 aliphatic heterocycles. The molecule has 1 spiro atoms. The Kier molecular flexibility index (Phi) is 2.58. The van der Waals surface area contributed by atoms with Gasteiger partial charge in [0.2, 0.25) is 0 Å². The molecule has 1 aliphatic carbocycles. The largest absolute Gasteiger partial charge is 0.396 e. The number of aliphatic hydroxyl groups excluding tert-OH is 1. The van der Waals surface area contributed by atoms with Crippen LogP contribution in [0, 0.1) is 5.92 Å². The first-order chi connectivity index (χ1) is 6.55. The lowest BCUT2D eigenvalue weighted by molar-refractivity contribution is -0.169. The Bertz CT molecular complexity index is 205. The van der Waals surface area contributed by atoms with Crippen molar-refractivity contribution in [3.05, 3.63) is 0 Å². The van der Waals surface area contributed by atoms with Gasteiger partial charge in [0, 0.05) is 6.61 Å². The summed E-state index contributed by atoms with van der Waals surface area (Å²) < 4.78 is 11.6. The molecule has 0 unspecified atom stereocenters. The Morgan fingerprint density at radius 3 is 2.36 bits per heavy atom. The third-order valence-corrected chi connectivity index (χ3v) is 3.42. The highest BCUT2D eigenvalue weighted by molar-refractivity contribution is 4.92. The van der Waals surface area contributed by atoms with Crippen molar-refractivity contribution in [2.75, 3.05) is 13.2 Å². The first kappa shape index (κ1) is 10.4. The normalized spacial score (nSPS) is 41.8. The fraction of sp³-hybridized carbons (Fsp3) is 1.00. The summed E-state index contributed by atoms with van der Waals surface area (Å²) in [6, 6.07) is 0. The van der Waals surface area contributed by atoms with Gasteiger partial charge in [0.1, 0.15) is 0 Å². The molecule has 0 radical (unpaired) electrons. The first-order valence-corrected chi connectivity index (χ1v) is 5.50. The fourth-order valence-electron chi connectivity index (χ4n) is 2.52. The molecular formula is C11H20O3. The van der Waals surface area contributed by atoms with Gasteiger partial charge in [-0.3, -0.25) is 0 Å². The first-order valence-electron chi connectivity index (χ1n) is 5.50. The van der Waals surface area contributed by atoms with Gasteiger partial charge in [-0.1, -0.05) is 0 Å². The number of rotatable bonds is 1. The molecule has 0 aromatic rings. The lowest BCUT2D eigenvalue weighted by Gasteiger charge is -2.35. The second-order valence-electron chi connectivity index (χ2n) is 5.10. The molecule has 0 aromatic heterocycles. The minimum Gasteiger partial charge on any atom is -0.396 e. The van der Waals surface area contributed by atoms with Crippen LogP contribution in [0.5, 0.6) is 0 Å². The van der Waals surface area contributed by atoms with E-state index in [0.29, 0.717) is 12.5 Å². The Hall–Kier alpha value is -0.120. The van der Waals surface area contributed by atoms with Gasteiger partial charge < -0.3 is 14.6 Å². The average molecular weight is 200 g/mol. The lowest BCUT2D eigenvalue weighted by atomic mass is 9.79. The van der Waals surface area contributed by atoms with Crippen LogP contribution in [0.15, 0.2) is 0 Å². The van der Waals surface area contributed by atoms with Gasteiger partial charge in [-0.05, 0) is 45.4 Å². The molecule has 0 aromatic carbocycles. The van der Waals surface area contributed by atoms with Gasteiger partial charge in [0.25, 0.3) is 0 Å². The van der Waals surface area contributed by atoms with Crippen LogP contribution >= 0.6 is 0 Å². The Balaban J connectivity index is 1.94.